The molecular formula is C13H14BrN3. The number of nitrogens with two attached hydrogens (primary N) is 1. The minimum Gasteiger partial charge on any atom is -0.398 e. The summed E-state index contributed by atoms with van der Waals surface area (Å²) in [5, 5.41) is 1.05. The van der Waals surface area contributed by atoms with Gasteiger partial charge < -0.3 is 10.6 Å². The Balaban J connectivity index is 2.35. The Labute approximate surface area is 109 Å². The maximum Gasteiger partial charge on any atom is 0.134 e. The SMILES string of the molecule is CN1CCCc2c1nc1ccc(Br)cc1c2N. The van der Waals surface area contributed by atoms with Crippen molar-refractivity contribution in [3.8, 4) is 0 Å². The van der Waals surface area contributed by atoms with Crippen molar-refractivity contribution in [3.63, 3.8) is 0 Å². The number of fused-ring (bicyclic) bond motifs is 2. The summed E-state index contributed by atoms with van der Waals surface area (Å²) in [5.41, 5.74) is 9.34. The van der Waals surface area contributed by atoms with Crippen LogP contribution in [0.3, 0.4) is 0 Å². The zero-order chi connectivity index (χ0) is 12.0. The van der Waals surface area contributed by atoms with Crippen LogP contribution in [0.2, 0.25) is 0 Å². The molecule has 3 nitrogen and oxygen atoms in total. The summed E-state index contributed by atoms with van der Waals surface area (Å²) in [6.45, 7) is 1.06. The van der Waals surface area contributed by atoms with E-state index in [0.717, 1.165) is 46.3 Å². The van der Waals surface area contributed by atoms with E-state index in [4.69, 9.17) is 10.7 Å². The number of pyridine rings is 1. The van der Waals surface area contributed by atoms with E-state index in [9.17, 15) is 0 Å². The number of benzene rings is 1. The third-order valence-electron chi connectivity index (χ3n) is 3.35. The molecule has 3 rings (SSSR count). The van der Waals surface area contributed by atoms with E-state index in [1.54, 1.807) is 0 Å². The first-order chi connectivity index (χ1) is 8.16. The topological polar surface area (TPSA) is 42.2 Å². The number of nitrogens with zero attached hydrogens (tertiary/aromatic N) is 2. The van der Waals surface area contributed by atoms with Gasteiger partial charge in [-0.15, -0.1) is 0 Å². The quantitative estimate of drug-likeness (QED) is 0.811. The van der Waals surface area contributed by atoms with E-state index < -0.39 is 0 Å². The molecule has 1 aliphatic heterocycles. The molecule has 0 unspecified atom stereocenters. The highest BCUT2D eigenvalue weighted by molar-refractivity contribution is 9.10. The molecule has 0 amide bonds. The predicted molar refractivity (Wildman–Crippen MR) is 75.4 cm³/mol. The van der Waals surface area contributed by atoms with Gasteiger partial charge in [-0.3, -0.25) is 0 Å². The van der Waals surface area contributed by atoms with Gasteiger partial charge in [0, 0.05) is 34.7 Å². The summed E-state index contributed by atoms with van der Waals surface area (Å²) in [6.07, 6.45) is 2.18. The van der Waals surface area contributed by atoms with Crippen molar-refractivity contribution in [2.45, 2.75) is 12.8 Å². The molecule has 88 valence electrons. The molecule has 17 heavy (non-hydrogen) atoms. The van der Waals surface area contributed by atoms with Crippen molar-refractivity contribution in [2.24, 2.45) is 0 Å². The van der Waals surface area contributed by atoms with Gasteiger partial charge in [0.15, 0.2) is 0 Å². The zero-order valence-corrected chi connectivity index (χ0v) is 11.3. The van der Waals surface area contributed by atoms with Gasteiger partial charge in [0.2, 0.25) is 0 Å². The molecule has 2 heterocycles. The van der Waals surface area contributed by atoms with E-state index in [1.165, 1.54) is 5.56 Å². The van der Waals surface area contributed by atoms with Crippen LogP contribution in [0.1, 0.15) is 12.0 Å². The van der Waals surface area contributed by atoms with Crippen molar-refractivity contribution >= 4 is 38.3 Å². The lowest BCUT2D eigenvalue weighted by atomic mass is 10.0. The molecule has 1 aromatic carbocycles. The Bertz CT molecular complexity index is 595. The second-order valence-electron chi connectivity index (χ2n) is 4.51. The van der Waals surface area contributed by atoms with Crippen LogP contribution in [0.25, 0.3) is 10.9 Å². The van der Waals surface area contributed by atoms with Crippen LogP contribution < -0.4 is 10.6 Å². The van der Waals surface area contributed by atoms with Crippen LogP contribution in [0, 0.1) is 0 Å². The van der Waals surface area contributed by atoms with Gasteiger partial charge in [-0.1, -0.05) is 15.9 Å². The molecule has 0 saturated heterocycles. The fraction of sp³-hybridized carbons (Fsp3) is 0.308. The Hall–Kier alpha value is -1.29. The van der Waals surface area contributed by atoms with Gasteiger partial charge in [-0.05, 0) is 31.0 Å². The first-order valence-corrected chi connectivity index (χ1v) is 6.55. The summed E-state index contributed by atoms with van der Waals surface area (Å²) in [7, 11) is 2.08. The van der Waals surface area contributed by atoms with E-state index in [0.29, 0.717) is 0 Å². The van der Waals surface area contributed by atoms with Gasteiger partial charge in [0.05, 0.1) is 5.52 Å². The van der Waals surface area contributed by atoms with Crippen LogP contribution in [-0.4, -0.2) is 18.6 Å². The monoisotopic (exact) mass is 291 g/mol. The lowest BCUT2D eigenvalue weighted by Gasteiger charge is -2.27. The summed E-state index contributed by atoms with van der Waals surface area (Å²) in [5.74, 6) is 1.04. The second-order valence-corrected chi connectivity index (χ2v) is 5.43. The standard InChI is InChI=1S/C13H14BrN3/c1-17-6-2-3-9-12(15)10-7-8(14)4-5-11(10)16-13(9)17/h4-5,7H,2-3,6H2,1H3,(H2,15,16). The molecule has 0 bridgehead atoms. The molecule has 0 spiro atoms. The second kappa shape index (κ2) is 3.88. The predicted octanol–water partition coefficient (Wildman–Crippen LogP) is 2.96. The molecule has 0 atom stereocenters. The molecular weight excluding hydrogens is 278 g/mol. The van der Waals surface area contributed by atoms with Gasteiger partial charge in [-0.2, -0.15) is 0 Å². The van der Waals surface area contributed by atoms with Gasteiger partial charge in [0.1, 0.15) is 5.82 Å². The van der Waals surface area contributed by atoms with Crippen LogP contribution in [0.5, 0.6) is 0 Å². The third kappa shape index (κ3) is 1.67. The summed E-state index contributed by atoms with van der Waals surface area (Å²) in [6, 6.07) is 6.06. The van der Waals surface area contributed by atoms with E-state index in [1.807, 2.05) is 18.2 Å². The fourth-order valence-electron chi connectivity index (χ4n) is 2.45. The lowest BCUT2D eigenvalue weighted by molar-refractivity contribution is 0.735. The molecule has 4 heteroatoms. The van der Waals surface area contributed by atoms with Crippen molar-refractivity contribution < 1.29 is 0 Å². The number of hydrogen-bond donors (Lipinski definition) is 1. The number of anilines is 2. The highest BCUT2D eigenvalue weighted by Crippen LogP contribution is 2.35. The third-order valence-corrected chi connectivity index (χ3v) is 3.85. The summed E-state index contributed by atoms with van der Waals surface area (Å²) in [4.78, 5) is 6.91. The Kier molecular flexibility index (Phi) is 2.47. The van der Waals surface area contributed by atoms with E-state index >= 15 is 0 Å². The summed E-state index contributed by atoms with van der Waals surface area (Å²) < 4.78 is 1.04. The first kappa shape index (κ1) is 10.8. The fourth-order valence-corrected chi connectivity index (χ4v) is 2.81. The van der Waals surface area contributed by atoms with Gasteiger partial charge in [0.25, 0.3) is 0 Å². The van der Waals surface area contributed by atoms with Crippen molar-refractivity contribution in [3.05, 3.63) is 28.2 Å². The van der Waals surface area contributed by atoms with Gasteiger partial charge in [-0.25, -0.2) is 4.98 Å². The molecule has 0 fully saturated rings. The highest BCUT2D eigenvalue weighted by Gasteiger charge is 2.19. The van der Waals surface area contributed by atoms with Crippen LogP contribution in [-0.2, 0) is 6.42 Å². The molecule has 0 radical (unpaired) electrons. The first-order valence-electron chi connectivity index (χ1n) is 5.75. The Morgan fingerprint density at radius 3 is 3.06 bits per heavy atom. The van der Waals surface area contributed by atoms with Crippen molar-refractivity contribution in [1.82, 2.24) is 4.98 Å². The number of halogens is 1. The smallest absolute Gasteiger partial charge is 0.134 e. The maximum atomic E-state index is 6.28. The Morgan fingerprint density at radius 1 is 1.41 bits per heavy atom. The average Bonchev–Trinajstić information content (AvgIpc) is 2.32. The molecule has 1 aromatic heterocycles. The molecule has 2 N–H and O–H groups in total. The number of nitrogen functional groups attached to an aromatic ring is 1. The summed E-state index contributed by atoms with van der Waals surface area (Å²) >= 11 is 3.48. The van der Waals surface area contributed by atoms with Crippen LogP contribution >= 0.6 is 15.9 Å². The molecule has 2 aromatic rings. The molecule has 0 saturated carbocycles. The number of aromatic nitrogens is 1. The Morgan fingerprint density at radius 2 is 2.24 bits per heavy atom. The maximum absolute atomic E-state index is 6.28. The van der Waals surface area contributed by atoms with E-state index in [2.05, 4.69) is 27.9 Å². The average molecular weight is 292 g/mol. The normalized spacial score (nSPS) is 15.1. The zero-order valence-electron chi connectivity index (χ0n) is 9.70. The lowest BCUT2D eigenvalue weighted by Crippen LogP contribution is -2.26. The number of rotatable bonds is 0. The van der Waals surface area contributed by atoms with Crippen molar-refractivity contribution in [1.29, 1.82) is 0 Å². The van der Waals surface area contributed by atoms with Crippen LogP contribution in [0.4, 0.5) is 11.5 Å². The van der Waals surface area contributed by atoms with E-state index in [-0.39, 0.29) is 0 Å². The van der Waals surface area contributed by atoms with Crippen molar-refractivity contribution in [2.75, 3.05) is 24.2 Å². The molecule has 0 aliphatic carbocycles. The number of hydrogen-bond acceptors (Lipinski definition) is 3. The van der Waals surface area contributed by atoms with Gasteiger partial charge >= 0.3 is 0 Å². The van der Waals surface area contributed by atoms with Crippen LogP contribution in [0.15, 0.2) is 22.7 Å². The highest BCUT2D eigenvalue weighted by atomic mass is 79.9. The minimum absolute atomic E-state index is 0.887. The molecule has 1 aliphatic rings. The minimum atomic E-state index is 0.887. The largest absolute Gasteiger partial charge is 0.398 e.